The van der Waals surface area contributed by atoms with Gasteiger partial charge in [0, 0.05) is 24.3 Å². The molecule has 0 unspecified atom stereocenters. The molecule has 0 aliphatic heterocycles. The van der Waals surface area contributed by atoms with Crippen LogP contribution in [0, 0.1) is 0 Å². The Balaban J connectivity index is 1.43. The van der Waals surface area contributed by atoms with Crippen LogP contribution in [0.25, 0.3) is 22.4 Å². The fraction of sp³-hybridized carbons (Fsp3) is 0.167. The summed E-state index contributed by atoms with van der Waals surface area (Å²) in [5.74, 6) is 1.68. The standard InChI is InChI=1S/C24H24N4O2/c1-2-30-20-14-12-19(13-15-20)26-24(29)25-16-17-28-22-11-7-6-10-21(22)27-23(28)18-8-4-3-5-9-18/h3-15H,2,16-17H2,1H3,(H2,25,26,29). The molecule has 2 N–H and O–H groups in total. The van der Waals surface area contributed by atoms with Crippen molar-refractivity contribution in [3.63, 3.8) is 0 Å². The minimum absolute atomic E-state index is 0.246. The number of nitrogens with zero attached hydrogens (tertiary/aromatic N) is 2. The Kier molecular flexibility index (Phi) is 5.94. The Labute approximate surface area is 175 Å². The number of hydrogen-bond acceptors (Lipinski definition) is 3. The van der Waals surface area contributed by atoms with Crippen molar-refractivity contribution in [3.05, 3.63) is 78.9 Å². The summed E-state index contributed by atoms with van der Waals surface area (Å²) in [6.07, 6.45) is 0. The number of para-hydroxylation sites is 2. The molecular weight excluding hydrogens is 376 g/mol. The molecule has 4 rings (SSSR count). The number of nitrogens with one attached hydrogen (secondary N) is 2. The van der Waals surface area contributed by atoms with Gasteiger partial charge in [0.2, 0.25) is 0 Å². The predicted molar refractivity (Wildman–Crippen MR) is 120 cm³/mol. The number of urea groups is 1. The maximum absolute atomic E-state index is 12.3. The maximum Gasteiger partial charge on any atom is 0.319 e. The number of rotatable bonds is 7. The zero-order chi connectivity index (χ0) is 20.8. The zero-order valence-electron chi connectivity index (χ0n) is 16.8. The predicted octanol–water partition coefficient (Wildman–Crippen LogP) is 4.92. The molecule has 0 fully saturated rings. The van der Waals surface area contributed by atoms with E-state index in [0.717, 1.165) is 28.2 Å². The van der Waals surface area contributed by atoms with Crippen molar-refractivity contribution in [3.8, 4) is 17.1 Å². The van der Waals surface area contributed by atoms with E-state index in [4.69, 9.17) is 9.72 Å². The topological polar surface area (TPSA) is 68.2 Å². The van der Waals surface area contributed by atoms with Crippen LogP contribution in [0.2, 0.25) is 0 Å². The van der Waals surface area contributed by atoms with Crippen molar-refractivity contribution in [1.29, 1.82) is 0 Å². The quantitative estimate of drug-likeness (QED) is 0.462. The van der Waals surface area contributed by atoms with Crippen molar-refractivity contribution in [2.45, 2.75) is 13.5 Å². The lowest BCUT2D eigenvalue weighted by Crippen LogP contribution is -2.31. The van der Waals surface area contributed by atoms with Crippen molar-refractivity contribution < 1.29 is 9.53 Å². The number of benzene rings is 3. The highest BCUT2D eigenvalue weighted by Gasteiger charge is 2.12. The molecule has 0 aliphatic rings. The van der Waals surface area contributed by atoms with Crippen LogP contribution in [0.3, 0.4) is 0 Å². The Morgan fingerprint density at radius 1 is 0.967 bits per heavy atom. The third-order valence-corrected chi connectivity index (χ3v) is 4.73. The second-order valence-electron chi connectivity index (χ2n) is 6.78. The Morgan fingerprint density at radius 3 is 2.47 bits per heavy atom. The summed E-state index contributed by atoms with van der Waals surface area (Å²) in [6, 6.07) is 25.2. The van der Waals surface area contributed by atoms with Gasteiger partial charge in [-0.15, -0.1) is 0 Å². The molecule has 0 bridgehead atoms. The fourth-order valence-corrected chi connectivity index (χ4v) is 3.37. The van der Waals surface area contributed by atoms with E-state index in [9.17, 15) is 4.79 Å². The second-order valence-corrected chi connectivity index (χ2v) is 6.78. The van der Waals surface area contributed by atoms with Gasteiger partial charge in [0.25, 0.3) is 0 Å². The van der Waals surface area contributed by atoms with Crippen molar-refractivity contribution in [2.75, 3.05) is 18.5 Å². The zero-order valence-corrected chi connectivity index (χ0v) is 16.8. The molecule has 30 heavy (non-hydrogen) atoms. The summed E-state index contributed by atoms with van der Waals surface area (Å²) in [7, 11) is 0. The molecule has 0 saturated heterocycles. The molecule has 0 spiro atoms. The Morgan fingerprint density at radius 2 is 1.70 bits per heavy atom. The van der Waals surface area contributed by atoms with Gasteiger partial charge in [0.1, 0.15) is 11.6 Å². The highest BCUT2D eigenvalue weighted by Crippen LogP contribution is 2.24. The normalized spacial score (nSPS) is 10.7. The summed E-state index contributed by atoms with van der Waals surface area (Å²) in [4.78, 5) is 17.1. The van der Waals surface area contributed by atoms with Crippen molar-refractivity contribution in [1.82, 2.24) is 14.9 Å². The molecule has 152 valence electrons. The lowest BCUT2D eigenvalue weighted by Gasteiger charge is -2.12. The number of fused-ring (bicyclic) bond motifs is 1. The lowest BCUT2D eigenvalue weighted by atomic mass is 10.2. The first-order chi connectivity index (χ1) is 14.7. The largest absolute Gasteiger partial charge is 0.494 e. The average Bonchev–Trinajstić information content (AvgIpc) is 3.15. The van der Waals surface area contributed by atoms with Crippen LogP contribution in [-0.4, -0.2) is 28.7 Å². The van der Waals surface area contributed by atoms with E-state index in [1.807, 2.05) is 79.7 Å². The molecule has 0 atom stereocenters. The van der Waals surface area contributed by atoms with E-state index in [1.54, 1.807) is 0 Å². The van der Waals surface area contributed by atoms with E-state index in [1.165, 1.54) is 0 Å². The van der Waals surface area contributed by atoms with Gasteiger partial charge < -0.3 is 19.9 Å². The van der Waals surface area contributed by atoms with Crippen LogP contribution in [0.15, 0.2) is 78.9 Å². The molecule has 1 aromatic heterocycles. The van der Waals surface area contributed by atoms with Crippen LogP contribution in [0.1, 0.15) is 6.92 Å². The van der Waals surface area contributed by atoms with Gasteiger partial charge in [0.05, 0.1) is 17.6 Å². The first-order valence-corrected chi connectivity index (χ1v) is 10.0. The number of amides is 2. The number of imidazole rings is 1. The summed E-state index contributed by atoms with van der Waals surface area (Å²) in [5, 5.41) is 5.77. The third-order valence-electron chi connectivity index (χ3n) is 4.73. The number of ether oxygens (including phenoxy) is 1. The van der Waals surface area contributed by atoms with E-state index in [2.05, 4.69) is 21.3 Å². The highest BCUT2D eigenvalue weighted by atomic mass is 16.5. The molecule has 0 aliphatic carbocycles. The highest BCUT2D eigenvalue weighted by molar-refractivity contribution is 5.89. The average molecular weight is 400 g/mol. The van der Waals surface area contributed by atoms with Gasteiger partial charge in [-0.05, 0) is 43.3 Å². The van der Waals surface area contributed by atoms with E-state index >= 15 is 0 Å². The second kappa shape index (κ2) is 9.13. The number of aromatic nitrogens is 2. The summed E-state index contributed by atoms with van der Waals surface area (Å²) < 4.78 is 7.56. The molecule has 6 heteroatoms. The van der Waals surface area contributed by atoms with E-state index in [0.29, 0.717) is 25.4 Å². The minimum Gasteiger partial charge on any atom is -0.494 e. The number of anilines is 1. The SMILES string of the molecule is CCOc1ccc(NC(=O)NCCn2c(-c3ccccc3)nc3ccccc32)cc1. The smallest absolute Gasteiger partial charge is 0.319 e. The van der Waals surface area contributed by atoms with Crippen LogP contribution < -0.4 is 15.4 Å². The van der Waals surface area contributed by atoms with Crippen LogP contribution >= 0.6 is 0 Å². The van der Waals surface area contributed by atoms with Gasteiger partial charge in [-0.25, -0.2) is 9.78 Å². The van der Waals surface area contributed by atoms with Gasteiger partial charge >= 0.3 is 6.03 Å². The fourth-order valence-electron chi connectivity index (χ4n) is 3.37. The molecule has 2 amide bonds. The van der Waals surface area contributed by atoms with E-state index in [-0.39, 0.29) is 6.03 Å². The van der Waals surface area contributed by atoms with Crippen LogP contribution in [0.4, 0.5) is 10.5 Å². The summed E-state index contributed by atoms with van der Waals surface area (Å²) >= 11 is 0. The molecule has 0 saturated carbocycles. The van der Waals surface area contributed by atoms with Gasteiger partial charge in [-0.3, -0.25) is 0 Å². The number of carbonyl (C=O) groups excluding carboxylic acids is 1. The molecule has 0 radical (unpaired) electrons. The van der Waals surface area contributed by atoms with Gasteiger partial charge in [-0.2, -0.15) is 0 Å². The molecular formula is C24H24N4O2. The number of carbonyl (C=O) groups is 1. The van der Waals surface area contributed by atoms with E-state index < -0.39 is 0 Å². The first-order valence-electron chi connectivity index (χ1n) is 10.0. The number of hydrogen-bond donors (Lipinski definition) is 2. The van der Waals surface area contributed by atoms with Gasteiger partial charge in [0.15, 0.2) is 0 Å². The Bertz CT molecular complexity index is 1120. The minimum atomic E-state index is -0.246. The molecule has 3 aromatic carbocycles. The van der Waals surface area contributed by atoms with Crippen LogP contribution in [-0.2, 0) is 6.54 Å². The third kappa shape index (κ3) is 4.43. The monoisotopic (exact) mass is 400 g/mol. The first kappa shape index (κ1) is 19.5. The summed E-state index contributed by atoms with van der Waals surface area (Å²) in [6.45, 7) is 3.64. The van der Waals surface area contributed by atoms with Crippen molar-refractivity contribution in [2.24, 2.45) is 0 Å². The summed E-state index contributed by atoms with van der Waals surface area (Å²) in [5.41, 5.74) is 3.75. The molecule has 1 heterocycles. The molecule has 6 nitrogen and oxygen atoms in total. The van der Waals surface area contributed by atoms with Gasteiger partial charge in [-0.1, -0.05) is 42.5 Å². The maximum atomic E-state index is 12.3. The molecule has 4 aromatic rings. The Hall–Kier alpha value is -3.80. The lowest BCUT2D eigenvalue weighted by molar-refractivity contribution is 0.251. The van der Waals surface area contributed by atoms with Crippen LogP contribution in [0.5, 0.6) is 5.75 Å². The van der Waals surface area contributed by atoms with Crippen molar-refractivity contribution >= 4 is 22.8 Å².